The van der Waals surface area contributed by atoms with Crippen molar-refractivity contribution in [3.63, 3.8) is 0 Å². The number of carbonyl (C=O) groups is 1. The Morgan fingerprint density at radius 1 is 1.09 bits per heavy atom. The summed E-state index contributed by atoms with van der Waals surface area (Å²) in [4.78, 5) is 22.2. The molecule has 1 amide bonds. The van der Waals surface area contributed by atoms with Gasteiger partial charge in [0.25, 0.3) is 5.91 Å². The smallest absolute Gasteiger partial charge is 0.405 e. The molecule has 7 nitrogen and oxygen atoms in total. The van der Waals surface area contributed by atoms with Crippen LogP contribution in [0.25, 0.3) is 0 Å². The van der Waals surface area contributed by atoms with Gasteiger partial charge in [0.05, 0.1) is 11.3 Å². The molecule has 2 rings (SSSR count). The van der Waals surface area contributed by atoms with Gasteiger partial charge in [0.1, 0.15) is 25.3 Å². The van der Waals surface area contributed by atoms with Crippen LogP contribution in [0, 0.1) is 12.7 Å². The van der Waals surface area contributed by atoms with Gasteiger partial charge in [-0.3, -0.25) is 4.79 Å². The van der Waals surface area contributed by atoms with Crippen LogP contribution < -0.4 is 10.1 Å². The van der Waals surface area contributed by atoms with Crippen molar-refractivity contribution in [2.24, 2.45) is 10.3 Å². The van der Waals surface area contributed by atoms with Crippen LogP contribution in [0.4, 0.5) is 17.6 Å². The summed E-state index contributed by atoms with van der Waals surface area (Å²) < 4.78 is 56.0. The number of hydrogen-bond donors (Lipinski definition) is 1. The van der Waals surface area contributed by atoms with Gasteiger partial charge in [-0.05, 0) is 31.5 Å². The lowest BCUT2D eigenvalue weighted by Crippen LogP contribution is -2.29. The lowest BCUT2D eigenvalue weighted by Gasteiger charge is -2.14. The fraction of sp³-hybridized carbons (Fsp3) is 0.348. The average Bonchev–Trinajstić information content (AvgIpc) is 2.78. The van der Waals surface area contributed by atoms with E-state index in [9.17, 15) is 22.4 Å². The summed E-state index contributed by atoms with van der Waals surface area (Å²) in [6, 6.07) is 8.13. The summed E-state index contributed by atoms with van der Waals surface area (Å²) in [6.07, 6.45) is -5.00. The zero-order chi connectivity index (χ0) is 25.9. The quantitative estimate of drug-likeness (QED) is 0.321. The highest BCUT2D eigenvalue weighted by Crippen LogP contribution is 2.29. The van der Waals surface area contributed by atoms with E-state index in [-0.39, 0.29) is 18.0 Å². The van der Waals surface area contributed by atoms with Crippen molar-refractivity contribution in [2.45, 2.75) is 40.7 Å². The molecule has 0 saturated heterocycles. The van der Waals surface area contributed by atoms with Crippen molar-refractivity contribution in [1.29, 1.82) is 0 Å². The van der Waals surface area contributed by atoms with E-state index in [0.29, 0.717) is 11.1 Å². The molecule has 2 aromatic carbocycles. The van der Waals surface area contributed by atoms with E-state index < -0.39 is 29.4 Å². The largest absolute Gasteiger partial charge is 0.573 e. The molecule has 11 heteroatoms. The third kappa shape index (κ3) is 7.75. The summed E-state index contributed by atoms with van der Waals surface area (Å²) in [7, 11) is 2.72. The number of ether oxygens (including phenoxy) is 1. The predicted octanol–water partition coefficient (Wildman–Crippen LogP) is 5.10. The highest BCUT2D eigenvalue weighted by Gasteiger charge is 2.33. The van der Waals surface area contributed by atoms with Crippen molar-refractivity contribution >= 4 is 17.3 Å². The Kier molecular flexibility index (Phi) is 11.0. The Balaban J connectivity index is 0.00000281. The van der Waals surface area contributed by atoms with Crippen LogP contribution in [0.2, 0.25) is 0 Å². The van der Waals surface area contributed by atoms with Crippen molar-refractivity contribution in [3.8, 4) is 5.75 Å². The fourth-order valence-corrected chi connectivity index (χ4v) is 2.84. The number of carbonyl (C=O) groups excluding carboxylic acids is 1. The minimum absolute atomic E-state index is 0.00651. The maximum absolute atomic E-state index is 14.2. The van der Waals surface area contributed by atoms with E-state index in [4.69, 9.17) is 9.68 Å². The van der Waals surface area contributed by atoms with E-state index in [1.165, 1.54) is 21.1 Å². The van der Waals surface area contributed by atoms with Gasteiger partial charge in [0.2, 0.25) is 0 Å². The molecule has 0 unspecified atom stereocenters. The first-order valence-electron chi connectivity index (χ1n) is 10.2. The summed E-state index contributed by atoms with van der Waals surface area (Å²) >= 11 is 0. The van der Waals surface area contributed by atoms with E-state index in [1.807, 2.05) is 13.8 Å². The number of rotatable bonds is 8. The lowest BCUT2D eigenvalue weighted by atomic mass is 9.98. The van der Waals surface area contributed by atoms with Gasteiger partial charge in [-0.2, -0.15) is 0 Å². The summed E-state index contributed by atoms with van der Waals surface area (Å²) in [5.74, 6) is -2.20. The molecular formula is C23H27F4N3O4. The Labute approximate surface area is 195 Å². The van der Waals surface area contributed by atoms with Crippen LogP contribution in [-0.2, 0) is 21.1 Å². The molecule has 0 spiro atoms. The molecule has 0 radical (unpaired) electrons. The van der Waals surface area contributed by atoms with E-state index in [0.717, 1.165) is 23.8 Å². The summed E-state index contributed by atoms with van der Waals surface area (Å²) in [5.41, 5.74) is 1.01. The van der Waals surface area contributed by atoms with Gasteiger partial charge in [0.15, 0.2) is 5.71 Å². The maximum Gasteiger partial charge on any atom is 0.573 e. The van der Waals surface area contributed by atoms with Crippen LogP contribution in [0.5, 0.6) is 5.75 Å². The molecular weight excluding hydrogens is 458 g/mol. The number of amides is 1. The predicted molar refractivity (Wildman–Crippen MR) is 120 cm³/mol. The SMILES string of the molecule is CC.CNC(=O)/C(=N/OC)c1cccc(C)c1CO/N=C(\C)c1c(F)cccc1OC(F)(F)F. The minimum atomic E-state index is -5.00. The number of hydrogen-bond acceptors (Lipinski definition) is 6. The molecule has 186 valence electrons. The monoisotopic (exact) mass is 485 g/mol. The highest BCUT2D eigenvalue weighted by molar-refractivity contribution is 6.45. The maximum atomic E-state index is 14.2. The third-order valence-electron chi connectivity index (χ3n) is 4.26. The summed E-state index contributed by atoms with van der Waals surface area (Å²) in [6.45, 7) is 6.87. The first kappa shape index (κ1) is 28.4. The second kappa shape index (κ2) is 13.2. The first-order chi connectivity index (χ1) is 16.1. The van der Waals surface area contributed by atoms with Gasteiger partial charge >= 0.3 is 6.36 Å². The van der Waals surface area contributed by atoms with Crippen LogP contribution in [0.3, 0.4) is 0 Å². The third-order valence-corrected chi connectivity index (χ3v) is 4.26. The van der Waals surface area contributed by atoms with Crippen LogP contribution in [-0.4, -0.2) is 37.9 Å². The number of halogens is 4. The van der Waals surface area contributed by atoms with Crippen molar-refractivity contribution in [2.75, 3.05) is 14.2 Å². The average molecular weight is 485 g/mol. The normalized spacial score (nSPS) is 11.8. The molecule has 0 aromatic heterocycles. The molecule has 2 aromatic rings. The van der Waals surface area contributed by atoms with Crippen molar-refractivity contribution < 1.29 is 36.8 Å². The zero-order valence-corrected chi connectivity index (χ0v) is 19.7. The lowest BCUT2D eigenvalue weighted by molar-refractivity contribution is -0.274. The molecule has 0 aliphatic heterocycles. The number of oxime groups is 2. The number of alkyl halides is 3. The van der Waals surface area contributed by atoms with Gasteiger partial charge < -0.3 is 19.7 Å². The van der Waals surface area contributed by atoms with E-state index in [1.54, 1.807) is 25.1 Å². The van der Waals surface area contributed by atoms with Gasteiger partial charge in [0, 0.05) is 18.2 Å². The molecule has 0 atom stereocenters. The van der Waals surface area contributed by atoms with Crippen LogP contribution in [0.1, 0.15) is 43.0 Å². The first-order valence-corrected chi connectivity index (χ1v) is 10.2. The number of likely N-dealkylation sites (N-methyl/N-ethyl adjacent to an activating group) is 1. The molecule has 0 aliphatic rings. The fourth-order valence-electron chi connectivity index (χ4n) is 2.84. The van der Waals surface area contributed by atoms with E-state index in [2.05, 4.69) is 20.4 Å². The second-order valence-corrected chi connectivity index (χ2v) is 6.41. The Morgan fingerprint density at radius 3 is 2.32 bits per heavy atom. The molecule has 0 bridgehead atoms. The Bertz CT molecular complexity index is 1040. The number of nitrogens with one attached hydrogen (secondary N) is 1. The number of aryl methyl sites for hydroxylation is 1. The van der Waals surface area contributed by atoms with Gasteiger partial charge in [-0.25, -0.2) is 4.39 Å². The molecule has 0 fully saturated rings. The topological polar surface area (TPSA) is 81.5 Å². The van der Waals surface area contributed by atoms with Crippen LogP contribution in [0.15, 0.2) is 46.7 Å². The standard InChI is InChI=1S/C21H21F4N3O4.C2H6/c1-12-7-5-8-14(19(28-30-4)20(29)26-3)15(12)11-31-27-13(2)18-16(22)9-6-10-17(18)32-21(23,24)25;1-2/h5-10H,11H2,1-4H3,(H,26,29);1-2H3/b27-13+,28-19+;. The minimum Gasteiger partial charge on any atom is -0.405 e. The molecule has 0 aliphatic carbocycles. The van der Waals surface area contributed by atoms with E-state index >= 15 is 0 Å². The Hall–Kier alpha value is -3.63. The number of benzene rings is 2. The van der Waals surface area contributed by atoms with Crippen molar-refractivity contribution in [3.05, 3.63) is 64.5 Å². The molecule has 0 heterocycles. The zero-order valence-electron chi connectivity index (χ0n) is 19.7. The second-order valence-electron chi connectivity index (χ2n) is 6.41. The molecule has 1 N–H and O–H groups in total. The Morgan fingerprint density at radius 2 is 1.74 bits per heavy atom. The number of nitrogens with zero attached hydrogens (tertiary/aromatic N) is 2. The van der Waals surface area contributed by atoms with Crippen LogP contribution >= 0.6 is 0 Å². The van der Waals surface area contributed by atoms with Gasteiger partial charge in [-0.1, -0.05) is 48.4 Å². The van der Waals surface area contributed by atoms with Gasteiger partial charge in [-0.15, -0.1) is 13.2 Å². The highest BCUT2D eigenvalue weighted by atomic mass is 19.4. The molecule has 0 saturated carbocycles. The summed E-state index contributed by atoms with van der Waals surface area (Å²) in [5, 5.41) is 9.96. The molecule has 34 heavy (non-hydrogen) atoms. The van der Waals surface area contributed by atoms with Crippen molar-refractivity contribution in [1.82, 2.24) is 5.32 Å².